The highest BCUT2D eigenvalue weighted by atomic mass is 16.3. The molecule has 5 nitrogen and oxygen atoms in total. The molecule has 1 aliphatic rings. The van der Waals surface area contributed by atoms with Crippen molar-refractivity contribution >= 4 is 17.5 Å². The third-order valence-corrected chi connectivity index (χ3v) is 2.96. The molecule has 0 spiro atoms. The van der Waals surface area contributed by atoms with E-state index in [4.69, 9.17) is 5.11 Å². The number of benzene rings is 1. The van der Waals surface area contributed by atoms with E-state index in [2.05, 4.69) is 10.6 Å². The molecule has 102 valence electrons. The molecule has 3 N–H and O–H groups in total. The Hall–Kier alpha value is -1.88. The van der Waals surface area contributed by atoms with Crippen LogP contribution in [0.3, 0.4) is 0 Å². The van der Waals surface area contributed by atoms with Crippen molar-refractivity contribution in [3.8, 4) is 0 Å². The van der Waals surface area contributed by atoms with Gasteiger partial charge < -0.3 is 15.7 Å². The van der Waals surface area contributed by atoms with Crippen LogP contribution in [0.25, 0.3) is 0 Å². The second kappa shape index (κ2) is 6.33. The minimum atomic E-state index is -0.198. The van der Waals surface area contributed by atoms with Crippen LogP contribution < -0.4 is 10.6 Å². The second-order valence-corrected chi connectivity index (χ2v) is 4.68. The Labute approximate surface area is 112 Å². The molecule has 5 heteroatoms. The number of hydrogen-bond acceptors (Lipinski definition) is 3. The molecule has 19 heavy (non-hydrogen) atoms. The average Bonchev–Trinajstić information content (AvgIpc) is 3.23. The maximum absolute atomic E-state index is 11.8. The van der Waals surface area contributed by atoms with Gasteiger partial charge >= 0.3 is 0 Å². The van der Waals surface area contributed by atoms with E-state index in [0.29, 0.717) is 24.2 Å². The Balaban J connectivity index is 1.93. The van der Waals surface area contributed by atoms with Gasteiger partial charge in [-0.2, -0.15) is 0 Å². The maximum atomic E-state index is 11.8. The van der Waals surface area contributed by atoms with E-state index in [-0.39, 0.29) is 24.3 Å². The smallest absolute Gasteiger partial charge is 0.251 e. The van der Waals surface area contributed by atoms with Crippen LogP contribution in [0, 0.1) is 5.92 Å². The second-order valence-electron chi connectivity index (χ2n) is 4.68. The topological polar surface area (TPSA) is 78.4 Å². The number of anilines is 1. The zero-order chi connectivity index (χ0) is 13.7. The van der Waals surface area contributed by atoms with Crippen LogP contribution in [0.5, 0.6) is 0 Å². The zero-order valence-electron chi connectivity index (χ0n) is 10.7. The van der Waals surface area contributed by atoms with Crippen molar-refractivity contribution in [1.82, 2.24) is 5.32 Å². The molecule has 0 aliphatic heterocycles. The van der Waals surface area contributed by atoms with E-state index in [1.165, 1.54) is 0 Å². The summed E-state index contributed by atoms with van der Waals surface area (Å²) in [6, 6.07) is 6.86. The van der Waals surface area contributed by atoms with Gasteiger partial charge in [-0.05, 0) is 37.5 Å². The number of carbonyl (C=O) groups is 2. The lowest BCUT2D eigenvalue weighted by Crippen LogP contribution is -2.25. The Bertz CT molecular complexity index is 470. The predicted molar refractivity (Wildman–Crippen MR) is 71.8 cm³/mol. The van der Waals surface area contributed by atoms with E-state index in [9.17, 15) is 9.59 Å². The molecule has 1 fully saturated rings. The fourth-order valence-corrected chi connectivity index (χ4v) is 1.71. The summed E-state index contributed by atoms with van der Waals surface area (Å²) in [5.41, 5.74) is 1.15. The molecule has 0 radical (unpaired) electrons. The summed E-state index contributed by atoms with van der Waals surface area (Å²) in [6.07, 6.45) is 2.43. The first kappa shape index (κ1) is 13.5. The third kappa shape index (κ3) is 4.06. The van der Waals surface area contributed by atoms with Crippen molar-refractivity contribution in [2.24, 2.45) is 5.92 Å². The van der Waals surface area contributed by atoms with Gasteiger partial charge in [-0.25, -0.2) is 0 Å². The lowest BCUT2D eigenvalue weighted by molar-refractivity contribution is -0.117. The molecule has 0 bridgehead atoms. The van der Waals surface area contributed by atoms with Gasteiger partial charge in [0.25, 0.3) is 5.91 Å². The molecule has 0 aromatic heterocycles. The van der Waals surface area contributed by atoms with Gasteiger partial charge in [-0.15, -0.1) is 0 Å². The summed E-state index contributed by atoms with van der Waals surface area (Å²) in [5.74, 6) is -0.0316. The largest absolute Gasteiger partial charge is 0.396 e. The summed E-state index contributed by atoms with van der Waals surface area (Å²) in [5, 5.41) is 14.2. The summed E-state index contributed by atoms with van der Waals surface area (Å²) in [7, 11) is 0. The van der Waals surface area contributed by atoms with Crippen molar-refractivity contribution in [1.29, 1.82) is 0 Å². The van der Waals surface area contributed by atoms with Crippen LogP contribution in [0.15, 0.2) is 24.3 Å². The summed E-state index contributed by atoms with van der Waals surface area (Å²) in [4.78, 5) is 23.4. The summed E-state index contributed by atoms with van der Waals surface area (Å²) in [6.45, 7) is 0.492. The number of amides is 2. The monoisotopic (exact) mass is 262 g/mol. The van der Waals surface area contributed by atoms with E-state index in [1.54, 1.807) is 24.3 Å². The lowest BCUT2D eigenvalue weighted by atomic mass is 10.2. The van der Waals surface area contributed by atoms with Crippen molar-refractivity contribution in [2.75, 3.05) is 18.5 Å². The molecule has 0 unspecified atom stereocenters. The van der Waals surface area contributed by atoms with E-state index in [1.807, 2.05) is 0 Å². The van der Waals surface area contributed by atoms with Gasteiger partial charge in [0.15, 0.2) is 0 Å². The molecule has 0 heterocycles. The molecule has 0 atom stereocenters. The number of aliphatic hydroxyl groups excluding tert-OH is 1. The predicted octanol–water partition coefficient (Wildman–Crippen LogP) is 1.15. The van der Waals surface area contributed by atoms with Crippen LogP contribution in [-0.2, 0) is 4.79 Å². The lowest BCUT2D eigenvalue weighted by Gasteiger charge is -2.07. The zero-order valence-corrected chi connectivity index (χ0v) is 10.7. The van der Waals surface area contributed by atoms with Crippen molar-refractivity contribution in [3.63, 3.8) is 0 Å². The van der Waals surface area contributed by atoms with Gasteiger partial charge in [0.2, 0.25) is 5.91 Å². The minimum Gasteiger partial charge on any atom is -0.396 e. The molecule has 1 saturated carbocycles. The molecule has 2 rings (SSSR count). The summed E-state index contributed by atoms with van der Waals surface area (Å²) >= 11 is 0. The molecule has 2 amide bonds. The number of aliphatic hydroxyl groups is 1. The highest BCUT2D eigenvalue weighted by molar-refractivity contribution is 5.98. The third-order valence-electron chi connectivity index (χ3n) is 2.96. The highest BCUT2D eigenvalue weighted by Crippen LogP contribution is 2.30. The van der Waals surface area contributed by atoms with Gasteiger partial charge in [-0.1, -0.05) is 6.07 Å². The van der Waals surface area contributed by atoms with Gasteiger partial charge in [0, 0.05) is 30.3 Å². The van der Waals surface area contributed by atoms with Crippen molar-refractivity contribution < 1.29 is 14.7 Å². The van der Waals surface area contributed by atoms with Crippen LogP contribution in [0.2, 0.25) is 0 Å². The van der Waals surface area contributed by atoms with Gasteiger partial charge in [0.1, 0.15) is 0 Å². The fraction of sp³-hybridized carbons (Fsp3) is 0.429. The number of rotatable bonds is 6. The molecule has 1 aliphatic carbocycles. The van der Waals surface area contributed by atoms with Crippen LogP contribution in [-0.4, -0.2) is 30.1 Å². The van der Waals surface area contributed by atoms with Crippen LogP contribution >= 0.6 is 0 Å². The fourth-order valence-electron chi connectivity index (χ4n) is 1.71. The van der Waals surface area contributed by atoms with Crippen molar-refractivity contribution in [3.05, 3.63) is 29.8 Å². The molecular weight excluding hydrogens is 244 g/mol. The molecule has 1 aromatic rings. The SMILES string of the molecule is O=C(NCCCO)c1cccc(NC(=O)C2CC2)c1. The molecule has 0 saturated heterocycles. The first-order valence-corrected chi connectivity index (χ1v) is 6.50. The van der Waals surface area contributed by atoms with Gasteiger partial charge in [-0.3, -0.25) is 9.59 Å². The average molecular weight is 262 g/mol. The van der Waals surface area contributed by atoms with Crippen molar-refractivity contribution in [2.45, 2.75) is 19.3 Å². The first-order valence-electron chi connectivity index (χ1n) is 6.50. The van der Waals surface area contributed by atoms with E-state index < -0.39 is 0 Å². The first-order chi connectivity index (χ1) is 9.20. The number of nitrogens with one attached hydrogen (secondary N) is 2. The molecular formula is C14H18N2O3. The summed E-state index contributed by atoms with van der Waals surface area (Å²) < 4.78 is 0. The number of hydrogen-bond donors (Lipinski definition) is 3. The van der Waals surface area contributed by atoms with E-state index in [0.717, 1.165) is 12.8 Å². The van der Waals surface area contributed by atoms with Crippen LogP contribution in [0.4, 0.5) is 5.69 Å². The quantitative estimate of drug-likeness (QED) is 0.673. The Kier molecular flexibility index (Phi) is 4.52. The standard InChI is InChI=1S/C14H18N2O3/c17-8-2-7-15-13(18)11-3-1-4-12(9-11)16-14(19)10-5-6-10/h1,3-4,9-10,17H,2,5-8H2,(H,15,18)(H,16,19). The highest BCUT2D eigenvalue weighted by Gasteiger charge is 2.29. The maximum Gasteiger partial charge on any atom is 0.251 e. The Morgan fingerprint density at radius 1 is 1.32 bits per heavy atom. The number of carbonyl (C=O) groups excluding carboxylic acids is 2. The van der Waals surface area contributed by atoms with Crippen LogP contribution in [0.1, 0.15) is 29.6 Å². The normalized spacial score (nSPS) is 13.9. The Morgan fingerprint density at radius 2 is 2.11 bits per heavy atom. The van der Waals surface area contributed by atoms with E-state index >= 15 is 0 Å². The molecule has 1 aromatic carbocycles. The minimum absolute atomic E-state index is 0.0258. The van der Waals surface area contributed by atoms with Gasteiger partial charge in [0.05, 0.1) is 0 Å². The Morgan fingerprint density at radius 3 is 2.79 bits per heavy atom.